The number of hydrogen-bond donors (Lipinski definition) is 1. The SMILES string of the molecule is CC1CC(O)(c2cc(F)cc(F)c2)C1. The molecule has 0 unspecified atom stereocenters. The highest BCUT2D eigenvalue weighted by Gasteiger charge is 2.41. The van der Waals surface area contributed by atoms with Gasteiger partial charge in [-0.25, -0.2) is 8.78 Å². The molecule has 0 spiro atoms. The summed E-state index contributed by atoms with van der Waals surface area (Å²) in [6.45, 7) is 2.00. The monoisotopic (exact) mass is 198 g/mol. The van der Waals surface area contributed by atoms with E-state index in [0.717, 1.165) is 6.07 Å². The van der Waals surface area contributed by atoms with Gasteiger partial charge in [0.1, 0.15) is 11.6 Å². The lowest BCUT2D eigenvalue weighted by atomic mass is 9.68. The van der Waals surface area contributed by atoms with Crippen LogP contribution in [0.15, 0.2) is 18.2 Å². The van der Waals surface area contributed by atoms with E-state index in [4.69, 9.17) is 0 Å². The van der Waals surface area contributed by atoms with E-state index in [0.29, 0.717) is 24.3 Å². The molecule has 14 heavy (non-hydrogen) atoms. The molecule has 1 fully saturated rings. The fourth-order valence-electron chi connectivity index (χ4n) is 2.15. The van der Waals surface area contributed by atoms with Crippen LogP contribution in [0.5, 0.6) is 0 Å². The van der Waals surface area contributed by atoms with Gasteiger partial charge < -0.3 is 5.11 Å². The van der Waals surface area contributed by atoms with Crippen LogP contribution in [0, 0.1) is 17.6 Å². The van der Waals surface area contributed by atoms with E-state index >= 15 is 0 Å². The molecule has 1 N–H and O–H groups in total. The van der Waals surface area contributed by atoms with Gasteiger partial charge in [0.05, 0.1) is 5.60 Å². The van der Waals surface area contributed by atoms with Crippen LogP contribution in [-0.2, 0) is 5.60 Å². The number of aliphatic hydroxyl groups is 1. The van der Waals surface area contributed by atoms with Crippen molar-refractivity contribution in [1.29, 1.82) is 0 Å². The first-order valence-corrected chi connectivity index (χ1v) is 4.68. The van der Waals surface area contributed by atoms with Crippen LogP contribution in [0.25, 0.3) is 0 Å². The highest BCUT2D eigenvalue weighted by atomic mass is 19.1. The molecule has 3 heteroatoms. The highest BCUT2D eigenvalue weighted by Crippen LogP contribution is 2.45. The first-order valence-electron chi connectivity index (χ1n) is 4.68. The van der Waals surface area contributed by atoms with Gasteiger partial charge in [-0.3, -0.25) is 0 Å². The Bertz CT molecular complexity index is 336. The molecule has 0 saturated heterocycles. The Labute approximate surface area is 81.4 Å². The Hall–Kier alpha value is -0.960. The number of rotatable bonds is 1. The van der Waals surface area contributed by atoms with Gasteiger partial charge in [0.2, 0.25) is 0 Å². The third-order valence-electron chi connectivity index (χ3n) is 2.77. The summed E-state index contributed by atoms with van der Waals surface area (Å²) in [6.07, 6.45) is 1.16. The van der Waals surface area contributed by atoms with E-state index in [-0.39, 0.29) is 0 Å². The van der Waals surface area contributed by atoms with Gasteiger partial charge in [0.15, 0.2) is 0 Å². The van der Waals surface area contributed by atoms with E-state index in [2.05, 4.69) is 0 Å². The maximum atomic E-state index is 12.9. The first-order chi connectivity index (χ1) is 6.49. The average Bonchev–Trinajstić information content (AvgIpc) is 1.99. The Kier molecular flexibility index (Phi) is 2.07. The van der Waals surface area contributed by atoms with Crippen LogP contribution < -0.4 is 0 Å². The summed E-state index contributed by atoms with van der Waals surface area (Å²) in [6, 6.07) is 3.22. The van der Waals surface area contributed by atoms with Gasteiger partial charge >= 0.3 is 0 Å². The van der Waals surface area contributed by atoms with Crippen molar-refractivity contribution < 1.29 is 13.9 Å². The van der Waals surface area contributed by atoms with Crippen LogP contribution in [-0.4, -0.2) is 5.11 Å². The highest BCUT2D eigenvalue weighted by molar-refractivity contribution is 5.26. The van der Waals surface area contributed by atoms with Crippen molar-refractivity contribution >= 4 is 0 Å². The summed E-state index contributed by atoms with van der Waals surface area (Å²) in [5.41, 5.74) is -0.657. The molecule has 0 radical (unpaired) electrons. The fraction of sp³-hybridized carbons (Fsp3) is 0.455. The van der Waals surface area contributed by atoms with Gasteiger partial charge in [0, 0.05) is 6.07 Å². The predicted molar refractivity (Wildman–Crippen MR) is 48.7 cm³/mol. The molecule has 2 rings (SSSR count). The lowest BCUT2D eigenvalue weighted by molar-refractivity contribution is -0.0742. The standard InChI is InChI=1S/C11H12F2O/c1-7-5-11(14,6-7)8-2-9(12)4-10(13)3-8/h2-4,7,14H,5-6H2,1H3. The van der Waals surface area contributed by atoms with Gasteiger partial charge in [-0.1, -0.05) is 6.92 Å². The number of benzene rings is 1. The van der Waals surface area contributed by atoms with Crippen molar-refractivity contribution in [2.24, 2.45) is 5.92 Å². The molecule has 0 heterocycles. The van der Waals surface area contributed by atoms with E-state index in [9.17, 15) is 13.9 Å². The molecule has 1 aliphatic rings. The molecule has 0 bridgehead atoms. The number of hydrogen-bond acceptors (Lipinski definition) is 1. The van der Waals surface area contributed by atoms with E-state index in [1.54, 1.807) is 0 Å². The maximum absolute atomic E-state index is 12.9. The zero-order chi connectivity index (χ0) is 10.3. The van der Waals surface area contributed by atoms with Crippen molar-refractivity contribution in [1.82, 2.24) is 0 Å². The first kappa shape index (κ1) is 9.59. The van der Waals surface area contributed by atoms with Crippen LogP contribution >= 0.6 is 0 Å². The van der Waals surface area contributed by atoms with Crippen molar-refractivity contribution in [3.8, 4) is 0 Å². The lowest BCUT2D eigenvalue weighted by Crippen LogP contribution is -2.39. The Morgan fingerprint density at radius 2 is 1.71 bits per heavy atom. The van der Waals surface area contributed by atoms with Crippen molar-refractivity contribution in [3.63, 3.8) is 0 Å². The molecule has 0 aromatic heterocycles. The summed E-state index contributed by atoms with van der Waals surface area (Å²) >= 11 is 0. The summed E-state index contributed by atoms with van der Waals surface area (Å²) in [5, 5.41) is 9.97. The third kappa shape index (κ3) is 1.52. The Morgan fingerprint density at radius 3 is 2.14 bits per heavy atom. The summed E-state index contributed by atoms with van der Waals surface area (Å²) < 4.78 is 25.7. The lowest BCUT2D eigenvalue weighted by Gasteiger charge is -2.42. The molecule has 0 aliphatic heterocycles. The Morgan fingerprint density at radius 1 is 1.21 bits per heavy atom. The molecular formula is C11H12F2O. The summed E-state index contributed by atoms with van der Waals surface area (Å²) in [5.74, 6) is -0.840. The third-order valence-corrected chi connectivity index (χ3v) is 2.77. The molecule has 1 nitrogen and oxygen atoms in total. The molecule has 1 saturated carbocycles. The molecule has 0 amide bonds. The minimum Gasteiger partial charge on any atom is -0.385 e. The number of halogens is 2. The molecule has 1 aromatic carbocycles. The molecule has 0 atom stereocenters. The van der Waals surface area contributed by atoms with Crippen molar-refractivity contribution in [2.75, 3.05) is 0 Å². The van der Waals surface area contributed by atoms with E-state index < -0.39 is 17.2 Å². The zero-order valence-electron chi connectivity index (χ0n) is 7.93. The van der Waals surface area contributed by atoms with Gasteiger partial charge in [-0.2, -0.15) is 0 Å². The largest absolute Gasteiger partial charge is 0.385 e. The minimum absolute atomic E-state index is 0.355. The Balaban J connectivity index is 2.32. The van der Waals surface area contributed by atoms with E-state index in [1.807, 2.05) is 6.92 Å². The van der Waals surface area contributed by atoms with Gasteiger partial charge in [-0.05, 0) is 36.5 Å². The van der Waals surface area contributed by atoms with Crippen LogP contribution in [0.4, 0.5) is 8.78 Å². The zero-order valence-corrected chi connectivity index (χ0v) is 7.93. The molecule has 76 valence electrons. The maximum Gasteiger partial charge on any atom is 0.126 e. The van der Waals surface area contributed by atoms with E-state index in [1.165, 1.54) is 12.1 Å². The smallest absolute Gasteiger partial charge is 0.126 e. The van der Waals surface area contributed by atoms with Crippen LogP contribution in [0.3, 0.4) is 0 Å². The second kappa shape index (κ2) is 3.02. The topological polar surface area (TPSA) is 20.2 Å². The van der Waals surface area contributed by atoms with Crippen LogP contribution in [0.2, 0.25) is 0 Å². The summed E-state index contributed by atoms with van der Waals surface area (Å²) in [4.78, 5) is 0. The minimum atomic E-state index is -1.01. The molecular weight excluding hydrogens is 186 g/mol. The predicted octanol–water partition coefficient (Wildman–Crippen LogP) is 2.58. The molecule has 1 aromatic rings. The second-order valence-electron chi connectivity index (χ2n) is 4.20. The van der Waals surface area contributed by atoms with Crippen molar-refractivity contribution in [2.45, 2.75) is 25.4 Å². The second-order valence-corrected chi connectivity index (χ2v) is 4.20. The fourth-order valence-corrected chi connectivity index (χ4v) is 2.15. The van der Waals surface area contributed by atoms with Crippen molar-refractivity contribution in [3.05, 3.63) is 35.4 Å². The quantitative estimate of drug-likeness (QED) is 0.735. The normalized spacial score (nSPS) is 31.3. The van der Waals surface area contributed by atoms with Gasteiger partial charge in [-0.15, -0.1) is 0 Å². The van der Waals surface area contributed by atoms with Gasteiger partial charge in [0.25, 0.3) is 0 Å². The molecule has 1 aliphatic carbocycles. The summed E-state index contributed by atoms with van der Waals surface area (Å²) in [7, 11) is 0. The average molecular weight is 198 g/mol. The van der Waals surface area contributed by atoms with Crippen LogP contribution in [0.1, 0.15) is 25.3 Å².